The third-order valence-corrected chi connectivity index (χ3v) is 4.80. The van der Waals surface area contributed by atoms with E-state index in [1.807, 2.05) is 11.9 Å². The Balaban J connectivity index is 1.86. The molecule has 19 heavy (non-hydrogen) atoms. The monoisotopic (exact) mass is 268 g/mol. The summed E-state index contributed by atoms with van der Waals surface area (Å²) in [4.78, 5) is 14.5. The fourth-order valence-corrected chi connectivity index (χ4v) is 3.39. The summed E-state index contributed by atoms with van der Waals surface area (Å²) >= 11 is 0. The Kier molecular flexibility index (Phi) is 5.22. The van der Waals surface area contributed by atoms with Crippen molar-refractivity contribution in [3.63, 3.8) is 0 Å². The molecule has 0 radical (unpaired) electrons. The molecule has 0 spiro atoms. The normalized spacial score (nSPS) is 33.1. The zero-order valence-electron chi connectivity index (χ0n) is 12.3. The van der Waals surface area contributed by atoms with Gasteiger partial charge >= 0.3 is 0 Å². The number of hydrogen-bond donors (Lipinski definition) is 1. The topological polar surface area (TPSA) is 55.6 Å². The molecule has 2 fully saturated rings. The van der Waals surface area contributed by atoms with Gasteiger partial charge in [-0.15, -0.1) is 0 Å². The molecule has 1 saturated carbocycles. The SMILES string of the molecule is CC1CCC(N)CC1C(=O)N(C)CC1CCOCC1. The molecule has 1 saturated heterocycles. The molecular weight excluding hydrogens is 240 g/mol. The van der Waals surface area contributed by atoms with Crippen LogP contribution in [0.4, 0.5) is 0 Å². The van der Waals surface area contributed by atoms with Crippen LogP contribution in [0.15, 0.2) is 0 Å². The maximum atomic E-state index is 12.6. The molecule has 0 aromatic carbocycles. The molecule has 1 aliphatic heterocycles. The summed E-state index contributed by atoms with van der Waals surface area (Å²) in [5.74, 6) is 1.52. The summed E-state index contributed by atoms with van der Waals surface area (Å²) in [6.07, 6.45) is 5.17. The molecule has 0 bridgehead atoms. The van der Waals surface area contributed by atoms with Crippen LogP contribution in [-0.2, 0) is 9.53 Å². The number of amides is 1. The maximum Gasteiger partial charge on any atom is 0.225 e. The fraction of sp³-hybridized carbons (Fsp3) is 0.933. The average molecular weight is 268 g/mol. The van der Waals surface area contributed by atoms with Gasteiger partial charge in [0.25, 0.3) is 0 Å². The van der Waals surface area contributed by atoms with Gasteiger partial charge in [0.2, 0.25) is 5.91 Å². The number of carbonyl (C=O) groups is 1. The van der Waals surface area contributed by atoms with Gasteiger partial charge in [-0.2, -0.15) is 0 Å². The number of rotatable bonds is 3. The van der Waals surface area contributed by atoms with Gasteiger partial charge < -0.3 is 15.4 Å². The molecule has 2 rings (SSSR count). The Morgan fingerprint density at radius 3 is 2.63 bits per heavy atom. The van der Waals surface area contributed by atoms with Crippen LogP contribution in [0.25, 0.3) is 0 Å². The Morgan fingerprint density at radius 2 is 1.95 bits per heavy atom. The molecule has 4 heteroatoms. The standard InChI is InChI=1S/C15H28N2O2/c1-11-3-4-13(16)9-14(11)15(18)17(2)10-12-5-7-19-8-6-12/h11-14H,3-10,16H2,1-2H3. The van der Waals surface area contributed by atoms with E-state index in [-0.39, 0.29) is 12.0 Å². The lowest BCUT2D eigenvalue weighted by Crippen LogP contribution is -2.44. The third-order valence-electron chi connectivity index (χ3n) is 4.80. The number of nitrogens with two attached hydrogens (primary N) is 1. The number of hydrogen-bond acceptors (Lipinski definition) is 3. The summed E-state index contributed by atoms with van der Waals surface area (Å²) in [7, 11) is 1.95. The van der Waals surface area contributed by atoms with E-state index in [2.05, 4.69) is 6.92 Å². The molecule has 4 nitrogen and oxygen atoms in total. The van der Waals surface area contributed by atoms with Gasteiger partial charge in [-0.05, 0) is 43.9 Å². The first-order valence-electron chi connectivity index (χ1n) is 7.66. The molecule has 3 atom stereocenters. The summed E-state index contributed by atoms with van der Waals surface area (Å²) in [6, 6.07) is 0.210. The molecule has 0 aromatic heterocycles. The predicted octanol–water partition coefficient (Wildman–Crippen LogP) is 1.63. The highest BCUT2D eigenvalue weighted by molar-refractivity contribution is 5.79. The Hall–Kier alpha value is -0.610. The summed E-state index contributed by atoms with van der Waals surface area (Å²) in [5.41, 5.74) is 6.02. The zero-order valence-corrected chi connectivity index (χ0v) is 12.3. The molecule has 1 heterocycles. The Labute approximate surface area is 116 Å². The van der Waals surface area contributed by atoms with Crippen molar-refractivity contribution < 1.29 is 9.53 Å². The van der Waals surface area contributed by atoms with Crippen molar-refractivity contribution in [1.29, 1.82) is 0 Å². The summed E-state index contributed by atoms with van der Waals surface area (Å²) in [5, 5.41) is 0. The van der Waals surface area contributed by atoms with Gasteiger partial charge in [-0.3, -0.25) is 4.79 Å². The highest BCUT2D eigenvalue weighted by atomic mass is 16.5. The van der Waals surface area contributed by atoms with Gasteiger partial charge in [-0.25, -0.2) is 0 Å². The Morgan fingerprint density at radius 1 is 1.26 bits per heavy atom. The second kappa shape index (κ2) is 6.71. The number of carbonyl (C=O) groups excluding carboxylic acids is 1. The highest BCUT2D eigenvalue weighted by Crippen LogP contribution is 2.30. The molecule has 0 aromatic rings. The quantitative estimate of drug-likeness (QED) is 0.846. The molecular formula is C15H28N2O2. The minimum atomic E-state index is 0.133. The van der Waals surface area contributed by atoms with Crippen LogP contribution < -0.4 is 5.73 Å². The van der Waals surface area contributed by atoms with Crippen LogP contribution in [0.5, 0.6) is 0 Å². The van der Waals surface area contributed by atoms with E-state index < -0.39 is 0 Å². The van der Waals surface area contributed by atoms with E-state index in [9.17, 15) is 4.79 Å². The average Bonchev–Trinajstić information content (AvgIpc) is 2.42. The largest absolute Gasteiger partial charge is 0.381 e. The summed E-state index contributed by atoms with van der Waals surface area (Å²) < 4.78 is 5.37. The molecule has 1 amide bonds. The first-order chi connectivity index (χ1) is 9.08. The minimum Gasteiger partial charge on any atom is -0.381 e. The van der Waals surface area contributed by atoms with E-state index in [4.69, 9.17) is 10.5 Å². The second-order valence-electron chi connectivity index (χ2n) is 6.43. The van der Waals surface area contributed by atoms with E-state index in [1.165, 1.54) is 0 Å². The molecule has 110 valence electrons. The number of nitrogens with zero attached hydrogens (tertiary/aromatic N) is 1. The van der Waals surface area contributed by atoms with E-state index in [1.54, 1.807) is 0 Å². The van der Waals surface area contributed by atoms with Crippen LogP contribution in [0, 0.1) is 17.8 Å². The van der Waals surface area contributed by atoms with Crippen LogP contribution in [-0.4, -0.2) is 43.7 Å². The van der Waals surface area contributed by atoms with Crippen molar-refractivity contribution >= 4 is 5.91 Å². The van der Waals surface area contributed by atoms with E-state index in [0.717, 1.165) is 51.9 Å². The van der Waals surface area contributed by atoms with Crippen molar-refractivity contribution in [3.05, 3.63) is 0 Å². The lowest BCUT2D eigenvalue weighted by atomic mass is 9.77. The van der Waals surface area contributed by atoms with E-state index >= 15 is 0 Å². The van der Waals surface area contributed by atoms with Crippen LogP contribution >= 0.6 is 0 Å². The third kappa shape index (κ3) is 3.93. The Bertz CT molecular complexity index is 303. The van der Waals surface area contributed by atoms with Crippen molar-refractivity contribution in [2.75, 3.05) is 26.8 Å². The molecule has 2 aliphatic rings. The smallest absolute Gasteiger partial charge is 0.225 e. The van der Waals surface area contributed by atoms with Crippen LogP contribution in [0.1, 0.15) is 39.0 Å². The highest BCUT2D eigenvalue weighted by Gasteiger charge is 2.33. The van der Waals surface area contributed by atoms with Crippen molar-refractivity contribution in [2.45, 2.75) is 45.1 Å². The lowest BCUT2D eigenvalue weighted by Gasteiger charge is -2.35. The van der Waals surface area contributed by atoms with Crippen molar-refractivity contribution in [3.8, 4) is 0 Å². The fourth-order valence-electron chi connectivity index (χ4n) is 3.39. The molecule has 2 N–H and O–H groups in total. The van der Waals surface area contributed by atoms with Crippen LogP contribution in [0.3, 0.4) is 0 Å². The van der Waals surface area contributed by atoms with Crippen molar-refractivity contribution in [1.82, 2.24) is 4.90 Å². The lowest BCUT2D eigenvalue weighted by molar-refractivity contribution is -0.138. The number of ether oxygens (including phenoxy) is 1. The first kappa shape index (κ1) is 14.8. The summed E-state index contributed by atoms with van der Waals surface area (Å²) in [6.45, 7) is 4.76. The zero-order chi connectivity index (χ0) is 13.8. The second-order valence-corrected chi connectivity index (χ2v) is 6.43. The minimum absolute atomic E-state index is 0.133. The molecule has 1 aliphatic carbocycles. The van der Waals surface area contributed by atoms with Crippen molar-refractivity contribution in [2.24, 2.45) is 23.5 Å². The molecule has 3 unspecified atom stereocenters. The van der Waals surface area contributed by atoms with E-state index in [0.29, 0.717) is 17.7 Å². The van der Waals surface area contributed by atoms with Gasteiger partial charge in [0.1, 0.15) is 0 Å². The van der Waals surface area contributed by atoms with Gasteiger partial charge in [0.05, 0.1) is 0 Å². The van der Waals surface area contributed by atoms with Gasteiger partial charge in [0, 0.05) is 38.8 Å². The first-order valence-corrected chi connectivity index (χ1v) is 7.66. The van der Waals surface area contributed by atoms with Gasteiger partial charge in [-0.1, -0.05) is 6.92 Å². The maximum absolute atomic E-state index is 12.6. The predicted molar refractivity (Wildman–Crippen MR) is 75.7 cm³/mol. The van der Waals surface area contributed by atoms with Gasteiger partial charge in [0.15, 0.2) is 0 Å². The van der Waals surface area contributed by atoms with Crippen LogP contribution in [0.2, 0.25) is 0 Å².